The van der Waals surface area contributed by atoms with E-state index in [2.05, 4.69) is 30.9 Å². The number of rotatable bonds is 4. The standard InChI is InChI=1S/C23H22N2O2/c1-23(2)19-10-5-6-11-20(19)25(3)21(23)13-12-17(15-24)22(26)16-8-7-9-18(14-16)27-4/h5-14H,1-4H3/b17-12+,21-13+. The molecule has 2 aromatic carbocycles. The molecule has 0 unspecified atom stereocenters. The lowest BCUT2D eigenvalue weighted by Crippen LogP contribution is -2.22. The molecule has 0 fully saturated rings. The molecule has 27 heavy (non-hydrogen) atoms. The van der Waals surface area contributed by atoms with Crippen molar-refractivity contribution >= 4 is 11.5 Å². The highest BCUT2D eigenvalue weighted by Gasteiger charge is 2.37. The third-order valence-corrected chi connectivity index (χ3v) is 5.05. The van der Waals surface area contributed by atoms with Gasteiger partial charge in [0.05, 0.1) is 7.11 Å². The van der Waals surface area contributed by atoms with E-state index in [1.807, 2.05) is 31.3 Å². The summed E-state index contributed by atoms with van der Waals surface area (Å²) in [5.74, 6) is 0.271. The summed E-state index contributed by atoms with van der Waals surface area (Å²) in [6.45, 7) is 4.29. The zero-order valence-corrected chi connectivity index (χ0v) is 16.0. The first-order chi connectivity index (χ1) is 12.9. The zero-order chi connectivity index (χ0) is 19.6. The van der Waals surface area contributed by atoms with Gasteiger partial charge in [0.25, 0.3) is 0 Å². The Bertz CT molecular complexity index is 993. The van der Waals surface area contributed by atoms with Crippen LogP contribution >= 0.6 is 0 Å². The number of hydrogen-bond acceptors (Lipinski definition) is 4. The average Bonchev–Trinajstić information content (AvgIpc) is 2.89. The van der Waals surface area contributed by atoms with Crippen molar-refractivity contribution in [2.45, 2.75) is 19.3 Å². The molecule has 0 spiro atoms. The van der Waals surface area contributed by atoms with Gasteiger partial charge in [0.1, 0.15) is 17.4 Å². The normalized spacial score (nSPS) is 16.8. The Morgan fingerprint density at radius 3 is 2.59 bits per heavy atom. The van der Waals surface area contributed by atoms with Crippen molar-refractivity contribution < 1.29 is 9.53 Å². The minimum Gasteiger partial charge on any atom is -0.497 e. The number of nitriles is 1. The van der Waals surface area contributed by atoms with Gasteiger partial charge < -0.3 is 9.64 Å². The number of Topliss-reactive ketones (excluding diaryl/α,β-unsaturated/α-hetero) is 1. The van der Waals surface area contributed by atoms with Crippen LogP contribution in [0.2, 0.25) is 0 Å². The van der Waals surface area contributed by atoms with Gasteiger partial charge in [-0.2, -0.15) is 5.26 Å². The second kappa shape index (κ2) is 7.13. The smallest absolute Gasteiger partial charge is 0.203 e. The van der Waals surface area contributed by atoms with Crippen molar-refractivity contribution in [2.24, 2.45) is 0 Å². The van der Waals surface area contributed by atoms with Crippen LogP contribution in [0.4, 0.5) is 5.69 Å². The van der Waals surface area contributed by atoms with Crippen LogP contribution in [0.25, 0.3) is 0 Å². The van der Waals surface area contributed by atoms with Gasteiger partial charge in [-0.05, 0) is 35.9 Å². The minimum atomic E-state index is -0.316. The molecule has 3 rings (SSSR count). The molecule has 4 nitrogen and oxygen atoms in total. The quantitative estimate of drug-likeness (QED) is 0.454. The van der Waals surface area contributed by atoms with Crippen molar-refractivity contribution in [3.63, 3.8) is 0 Å². The van der Waals surface area contributed by atoms with Gasteiger partial charge in [-0.25, -0.2) is 0 Å². The summed E-state index contributed by atoms with van der Waals surface area (Å²) in [6.07, 6.45) is 3.48. The number of ketones is 1. The van der Waals surface area contributed by atoms with Crippen LogP contribution in [0.5, 0.6) is 5.75 Å². The Balaban J connectivity index is 1.97. The van der Waals surface area contributed by atoms with Gasteiger partial charge in [0.15, 0.2) is 0 Å². The monoisotopic (exact) mass is 358 g/mol. The van der Waals surface area contributed by atoms with Crippen molar-refractivity contribution in [3.8, 4) is 11.8 Å². The molecule has 0 aromatic heterocycles. The van der Waals surface area contributed by atoms with Crippen LogP contribution in [-0.4, -0.2) is 19.9 Å². The van der Waals surface area contributed by atoms with Gasteiger partial charge >= 0.3 is 0 Å². The van der Waals surface area contributed by atoms with Crippen molar-refractivity contribution in [2.75, 3.05) is 19.1 Å². The predicted molar refractivity (Wildman–Crippen MR) is 107 cm³/mol. The van der Waals surface area contributed by atoms with Crippen LogP contribution in [0.1, 0.15) is 29.8 Å². The second-order valence-corrected chi connectivity index (χ2v) is 7.01. The fourth-order valence-corrected chi connectivity index (χ4v) is 3.55. The minimum absolute atomic E-state index is 0.0934. The molecule has 2 aromatic rings. The summed E-state index contributed by atoms with van der Waals surface area (Å²) in [5.41, 5.74) is 3.72. The number of para-hydroxylation sites is 1. The van der Waals surface area contributed by atoms with E-state index >= 15 is 0 Å². The highest BCUT2D eigenvalue weighted by molar-refractivity contribution is 6.11. The van der Waals surface area contributed by atoms with Gasteiger partial charge in [0.2, 0.25) is 5.78 Å². The number of fused-ring (bicyclic) bond motifs is 1. The molecular formula is C23H22N2O2. The van der Waals surface area contributed by atoms with Crippen molar-refractivity contribution in [1.82, 2.24) is 0 Å². The zero-order valence-electron chi connectivity index (χ0n) is 16.0. The van der Waals surface area contributed by atoms with E-state index in [-0.39, 0.29) is 16.8 Å². The Kier molecular flexibility index (Phi) is 4.87. The molecule has 0 aliphatic carbocycles. The molecule has 0 saturated carbocycles. The number of benzene rings is 2. The number of carbonyl (C=O) groups excluding carboxylic acids is 1. The SMILES string of the molecule is COc1cccc(C(=O)/C(C#N)=C/C=C2/N(C)c3ccccc3C2(C)C)c1. The first-order valence-electron chi connectivity index (χ1n) is 8.74. The molecule has 0 N–H and O–H groups in total. The van der Waals surface area contributed by atoms with Crippen LogP contribution in [-0.2, 0) is 5.41 Å². The highest BCUT2D eigenvalue weighted by Crippen LogP contribution is 2.46. The summed E-state index contributed by atoms with van der Waals surface area (Å²) in [7, 11) is 3.55. The fraction of sp³-hybridized carbons (Fsp3) is 0.217. The van der Waals surface area contributed by atoms with E-state index in [0.717, 1.165) is 11.4 Å². The summed E-state index contributed by atoms with van der Waals surface area (Å²) < 4.78 is 5.16. The van der Waals surface area contributed by atoms with E-state index in [9.17, 15) is 10.1 Å². The molecule has 4 heteroatoms. The number of ether oxygens (including phenoxy) is 1. The van der Waals surface area contributed by atoms with E-state index in [0.29, 0.717) is 11.3 Å². The Hall–Kier alpha value is -3.32. The lowest BCUT2D eigenvalue weighted by Gasteiger charge is -2.23. The predicted octanol–water partition coefficient (Wildman–Crippen LogP) is 4.64. The lowest BCUT2D eigenvalue weighted by atomic mass is 9.83. The van der Waals surface area contributed by atoms with Gasteiger partial charge in [-0.15, -0.1) is 0 Å². The fourth-order valence-electron chi connectivity index (χ4n) is 3.55. The second-order valence-electron chi connectivity index (χ2n) is 7.01. The third kappa shape index (κ3) is 3.24. The van der Waals surface area contributed by atoms with E-state index in [4.69, 9.17) is 4.74 Å². The molecule has 0 amide bonds. The summed E-state index contributed by atoms with van der Waals surface area (Å²) in [6, 6.07) is 17.1. The number of methoxy groups -OCH3 is 1. The first-order valence-corrected chi connectivity index (χ1v) is 8.74. The van der Waals surface area contributed by atoms with E-state index < -0.39 is 0 Å². The molecule has 1 heterocycles. The topological polar surface area (TPSA) is 53.3 Å². The van der Waals surface area contributed by atoms with Crippen LogP contribution in [0, 0.1) is 11.3 Å². The van der Waals surface area contributed by atoms with E-state index in [1.165, 1.54) is 5.56 Å². The molecule has 1 aliphatic rings. The Morgan fingerprint density at radius 1 is 1.19 bits per heavy atom. The lowest BCUT2D eigenvalue weighted by molar-refractivity contribution is 0.103. The van der Waals surface area contributed by atoms with E-state index in [1.54, 1.807) is 37.5 Å². The molecule has 0 radical (unpaired) electrons. The maximum atomic E-state index is 12.7. The highest BCUT2D eigenvalue weighted by atomic mass is 16.5. The average molecular weight is 358 g/mol. The summed E-state index contributed by atoms with van der Waals surface area (Å²) in [4.78, 5) is 14.8. The summed E-state index contributed by atoms with van der Waals surface area (Å²) in [5, 5.41) is 9.51. The molecule has 0 saturated heterocycles. The van der Waals surface area contributed by atoms with Crippen molar-refractivity contribution in [1.29, 1.82) is 5.26 Å². The van der Waals surface area contributed by atoms with Gasteiger partial charge in [-0.1, -0.05) is 44.2 Å². The maximum absolute atomic E-state index is 12.7. The van der Waals surface area contributed by atoms with Gasteiger partial charge in [-0.3, -0.25) is 4.79 Å². The number of nitrogens with zero attached hydrogens (tertiary/aromatic N) is 2. The number of anilines is 1. The Morgan fingerprint density at radius 2 is 1.93 bits per heavy atom. The third-order valence-electron chi connectivity index (χ3n) is 5.05. The molecule has 136 valence electrons. The van der Waals surface area contributed by atoms with Crippen LogP contribution in [0.15, 0.2) is 72.0 Å². The maximum Gasteiger partial charge on any atom is 0.203 e. The molecule has 0 atom stereocenters. The molecule has 0 bridgehead atoms. The number of allylic oxidation sites excluding steroid dienone is 4. The first kappa shape index (κ1) is 18.5. The molecule has 1 aliphatic heterocycles. The van der Waals surface area contributed by atoms with Crippen LogP contribution < -0.4 is 9.64 Å². The number of carbonyl (C=O) groups is 1. The Labute approximate surface area is 160 Å². The summed E-state index contributed by atoms with van der Waals surface area (Å²) >= 11 is 0. The number of hydrogen-bond donors (Lipinski definition) is 0. The van der Waals surface area contributed by atoms with Gasteiger partial charge in [0, 0.05) is 29.4 Å². The number of likely N-dealkylation sites (N-methyl/N-ethyl adjacent to an activating group) is 1. The van der Waals surface area contributed by atoms with Crippen LogP contribution in [0.3, 0.4) is 0 Å². The largest absolute Gasteiger partial charge is 0.497 e. The van der Waals surface area contributed by atoms with Crippen molar-refractivity contribution in [3.05, 3.63) is 83.1 Å². The molecular weight excluding hydrogens is 336 g/mol.